The van der Waals surface area contributed by atoms with Gasteiger partial charge in [-0.1, -0.05) is 11.6 Å². The molecule has 2 N–H and O–H groups in total. The fraction of sp³-hybridized carbons (Fsp3) is 0.367. The SMILES string of the molecule is CC1CN(CC(F)F)CCN1c1cc(NC(=O)Cn2cc(-c3cc(C=O)c(O)c(F)c3F)c3c(=O)n4c(nc32)CCC4)c(Cl)c(F)n1. The van der Waals surface area contributed by atoms with Crippen LogP contribution >= 0.6 is 11.6 Å². The number of fused-ring (bicyclic) bond motifs is 2. The van der Waals surface area contributed by atoms with E-state index in [-0.39, 0.29) is 60.1 Å². The predicted molar refractivity (Wildman–Crippen MR) is 162 cm³/mol. The van der Waals surface area contributed by atoms with Crippen LogP contribution < -0.4 is 15.8 Å². The number of nitrogens with one attached hydrogen (secondary N) is 1. The van der Waals surface area contributed by atoms with Crippen molar-refractivity contribution in [3.05, 3.63) is 62.7 Å². The third kappa shape index (κ3) is 5.91. The Balaban J connectivity index is 1.34. The zero-order valence-electron chi connectivity index (χ0n) is 24.7. The van der Waals surface area contributed by atoms with Crippen LogP contribution in [0, 0.1) is 17.6 Å². The number of anilines is 2. The maximum Gasteiger partial charge on any atom is 0.263 e. The molecule has 47 heavy (non-hydrogen) atoms. The van der Waals surface area contributed by atoms with Crippen molar-refractivity contribution in [1.29, 1.82) is 0 Å². The molecule has 1 saturated heterocycles. The maximum atomic E-state index is 15.2. The van der Waals surface area contributed by atoms with E-state index in [1.165, 1.54) is 21.4 Å². The highest BCUT2D eigenvalue weighted by Gasteiger charge is 2.29. The second-order valence-corrected chi connectivity index (χ2v) is 11.8. The van der Waals surface area contributed by atoms with Gasteiger partial charge in [-0.05, 0) is 19.4 Å². The number of halogens is 6. The quantitative estimate of drug-likeness (QED) is 0.161. The number of aromatic nitrogens is 4. The molecule has 6 rings (SSSR count). The highest BCUT2D eigenvalue weighted by atomic mass is 35.5. The first-order valence-electron chi connectivity index (χ1n) is 14.6. The number of piperazine rings is 1. The molecule has 4 aromatic rings. The molecule has 5 heterocycles. The lowest BCUT2D eigenvalue weighted by molar-refractivity contribution is -0.116. The molecule has 3 aromatic heterocycles. The maximum absolute atomic E-state index is 15.2. The average Bonchev–Trinajstić information content (AvgIpc) is 3.64. The Hall–Kier alpha value is -4.57. The van der Waals surface area contributed by atoms with Crippen LogP contribution in [0.25, 0.3) is 22.2 Å². The summed E-state index contributed by atoms with van der Waals surface area (Å²) in [6.45, 7) is 2.00. The molecule has 0 radical (unpaired) electrons. The van der Waals surface area contributed by atoms with Gasteiger partial charge in [-0.25, -0.2) is 23.1 Å². The molecule has 1 fully saturated rings. The third-order valence-corrected chi connectivity index (χ3v) is 8.72. The summed E-state index contributed by atoms with van der Waals surface area (Å²) in [5.41, 5.74) is -1.94. The highest BCUT2D eigenvalue weighted by Crippen LogP contribution is 2.36. The lowest BCUT2D eigenvalue weighted by atomic mass is 10.0. The van der Waals surface area contributed by atoms with Gasteiger partial charge >= 0.3 is 0 Å². The first-order valence-corrected chi connectivity index (χ1v) is 15.0. The van der Waals surface area contributed by atoms with Crippen LogP contribution in [0.15, 0.2) is 23.1 Å². The monoisotopic (exact) mass is 679 g/mol. The van der Waals surface area contributed by atoms with Gasteiger partial charge in [-0.3, -0.25) is 23.9 Å². The number of nitrogens with zero attached hydrogens (tertiary/aromatic N) is 6. The second-order valence-electron chi connectivity index (χ2n) is 11.4. The van der Waals surface area contributed by atoms with E-state index in [9.17, 15) is 37.1 Å². The molecule has 0 bridgehead atoms. The Labute approximate surface area is 268 Å². The van der Waals surface area contributed by atoms with E-state index < -0.39 is 70.5 Å². The molecule has 0 saturated carbocycles. The van der Waals surface area contributed by atoms with Crippen LogP contribution in [0.2, 0.25) is 5.02 Å². The number of rotatable bonds is 8. The minimum absolute atomic E-state index is 0.0166. The zero-order chi connectivity index (χ0) is 33.7. The summed E-state index contributed by atoms with van der Waals surface area (Å²) in [6.07, 6.45) is -0.0962. The largest absolute Gasteiger partial charge is 0.504 e. The Morgan fingerprint density at radius 3 is 2.62 bits per heavy atom. The minimum Gasteiger partial charge on any atom is -0.504 e. The standard InChI is InChI=1S/C30H27ClF5N7O4/c1-14-9-40(11-19(32)33)5-6-42(14)21-8-18(24(31)28(36)38-21)37-22(45)12-41-10-17(16-7-15(13-44)27(46)26(35)25(16)34)23-29(41)39-20-3-2-4-43(20)30(23)47/h7-8,10,13-14,19,46H,2-6,9,11-12H2,1H3,(H,37,38,45). The molecular formula is C30H27ClF5N7O4. The number of benzene rings is 1. The summed E-state index contributed by atoms with van der Waals surface area (Å²) >= 11 is 6.15. The van der Waals surface area contributed by atoms with Crippen molar-refractivity contribution in [1.82, 2.24) is 24.0 Å². The Bertz CT molecular complexity index is 1980. The molecule has 11 nitrogen and oxygen atoms in total. The molecule has 248 valence electrons. The summed E-state index contributed by atoms with van der Waals surface area (Å²) in [5, 5.41) is 11.8. The fourth-order valence-corrected chi connectivity index (χ4v) is 6.32. The van der Waals surface area contributed by atoms with E-state index in [1.807, 2.05) is 0 Å². The normalized spacial score (nSPS) is 16.7. The van der Waals surface area contributed by atoms with Gasteiger partial charge in [0.15, 0.2) is 17.9 Å². The van der Waals surface area contributed by atoms with Gasteiger partial charge in [0.25, 0.3) is 12.0 Å². The Morgan fingerprint density at radius 1 is 1.15 bits per heavy atom. The van der Waals surface area contributed by atoms with Crippen LogP contribution in [0.1, 0.15) is 29.5 Å². The number of phenolic OH excluding ortho intramolecular Hbond substituents is 1. The second kappa shape index (κ2) is 12.6. The van der Waals surface area contributed by atoms with Crippen molar-refractivity contribution >= 4 is 46.3 Å². The van der Waals surface area contributed by atoms with Crippen LogP contribution in [0.4, 0.5) is 33.5 Å². The fourth-order valence-electron chi connectivity index (χ4n) is 6.18. The third-order valence-electron chi connectivity index (χ3n) is 8.36. The summed E-state index contributed by atoms with van der Waals surface area (Å²) in [7, 11) is 0. The average molecular weight is 680 g/mol. The predicted octanol–water partition coefficient (Wildman–Crippen LogP) is 4.21. The lowest BCUT2D eigenvalue weighted by Gasteiger charge is -2.40. The van der Waals surface area contributed by atoms with Crippen LogP contribution in [0.3, 0.4) is 0 Å². The minimum atomic E-state index is -2.50. The topological polar surface area (TPSA) is 126 Å². The molecule has 0 spiro atoms. The van der Waals surface area contributed by atoms with Gasteiger partial charge in [0.05, 0.1) is 23.2 Å². The van der Waals surface area contributed by atoms with Crippen molar-refractivity contribution in [3.63, 3.8) is 0 Å². The first kappa shape index (κ1) is 32.4. The zero-order valence-corrected chi connectivity index (χ0v) is 25.5. The number of hydrogen-bond acceptors (Lipinski definition) is 8. The summed E-state index contributed by atoms with van der Waals surface area (Å²) in [6, 6.07) is 1.93. The molecular weight excluding hydrogens is 653 g/mol. The number of hydrogen-bond donors (Lipinski definition) is 2. The molecule has 2 aliphatic heterocycles. The number of pyridine rings is 1. The molecule has 1 aromatic carbocycles. The van der Waals surface area contributed by atoms with E-state index >= 15 is 4.39 Å². The summed E-state index contributed by atoms with van der Waals surface area (Å²) in [5.74, 6) is -5.67. The first-order chi connectivity index (χ1) is 22.4. The molecule has 1 unspecified atom stereocenters. The number of aldehydes is 1. The van der Waals surface area contributed by atoms with Crippen molar-refractivity contribution < 1.29 is 36.6 Å². The van der Waals surface area contributed by atoms with Gasteiger partial charge in [-0.15, -0.1) is 0 Å². The van der Waals surface area contributed by atoms with E-state index in [0.717, 1.165) is 6.07 Å². The Kier molecular flexibility index (Phi) is 8.65. The highest BCUT2D eigenvalue weighted by molar-refractivity contribution is 6.33. The van der Waals surface area contributed by atoms with Crippen molar-refractivity contribution in [3.8, 4) is 16.9 Å². The summed E-state index contributed by atoms with van der Waals surface area (Å²) < 4.78 is 73.0. The summed E-state index contributed by atoms with van der Waals surface area (Å²) in [4.78, 5) is 50.1. The molecule has 2 aliphatic rings. The van der Waals surface area contributed by atoms with Gasteiger partial charge in [0.1, 0.15) is 28.9 Å². The van der Waals surface area contributed by atoms with Crippen molar-refractivity contribution in [2.24, 2.45) is 0 Å². The number of carbonyl (C=O) groups excluding carboxylic acids is 2. The smallest absolute Gasteiger partial charge is 0.263 e. The molecule has 17 heteroatoms. The van der Waals surface area contributed by atoms with Crippen LogP contribution in [-0.4, -0.2) is 79.9 Å². The number of alkyl halides is 2. The van der Waals surface area contributed by atoms with Crippen LogP contribution in [0.5, 0.6) is 5.75 Å². The number of carbonyl (C=O) groups is 2. The van der Waals surface area contributed by atoms with Gasteiger partial charge in [-0.2, -0.15) is 8.78 Å². The van der Waals surface area contributed by atoms with Gasteiger partial charge in [0, 0.05) is 62.0 Å². The van der Waals surface area contributed by atoms with Gasteiger partial charge in [0.2, 0.25) is 17.7 Å². The number of amides is 1. The number of phenols is 1. The molecule has 0 aliphatic carbocycles. The van der Waals surface area contributed by atoms with E-state index in [1.54, 1.807) is 16.7 Å². The van der Waals surface area contributed by atoms with Crippen molar-refractivity contribution in [2.45, 2.75) is 45.3 Å². The van der Waals surface area contributed by atoms with E-state index in [4.69, 9.17) is 11.6 Å². The Morgan fingerprint density at radius 2 is 1.91 bits per heavy atom. The van der Waals surface area contributed by atoms with E-state index in [0.29, 0.717) is 25.2 Å². The van der Waals surface area contributed by atoms with Crippen molar-refractivity contribution in [2.75, 3.05) is 36.4 Å². The lowest BCUT2D eigenvalue weighted by Crippen LogP contribution is -2.53. The number of aryl methyl sites for hydroxylation is 1. The van der Waals surface area contributed by atoms with Gasteiger partial charge < -0.3 is 19.9 Å². The van der Waals surface area contributed by atoms with E-state index in [2.05, 4.69) is 15.3 Å². The molecule has 1 amide bonds. The van der Waals surface area contributed by atoms with Crippen LogP contribution in [-0.2, 0) is 24.3 Å². The number of aromatic hydroxyl groups is 1. The molecule has 1 atom stereocenters.